The Balaban J connectivity index is 4.23. The third kappa shape index (κ3) is 7.71. The van der Waals surface area contributed by atoms with E-state index in [1.54, 1.807) is 42.7 Å². The van der Waals surface area contributed by atoms with Crippen molar-refractivity contribution in [3.05, 3.63) is 0 Å². The molecule has 23 heavy (non-hydrogen) atoms. The molecular weight excluding hydrogens is 334 g/mol. The molecule has 0 saturated carbocycles. The fourth-order valence-corrected chi connectivity index (χ4v) is 6.57. The highest BCUT2D eigenvalue weighted by Gasteiger charge is 2.40. The van der Waals surface area contributed by atoms with Crippen molar-refractivity contribution in [2.75, 3.05) is 55.7 Å². The van der Waals surface area contributed by atoms with Crippen molar-refractivity contribution in [2.45, 2.75) is 25.9 Å². The first-order valence-electron chi connectivity index (χ1n) is 7.88. The molecule has 0 aromatic heterocycles. The van der Waals surface area contributed by atoms with Gasteiger partial charge in [-0.25, -0.2) is 0 Å². The van der Waals surface area contributed by atoms with Gasteiger partial charge in [0.1, 0.15) is 0 Å². The zero-order valence-corrected chi connectivity index (χ0v) is 17.9. The van der Waals surface area contributed by atoms with Gasteiger partial charge >= 0.3 is 17.6 Å². The second-order valence-corrected chi connectivity index (χ2v) is 11.9. The second-order valence-electron chi connectivity index (χ2n) is 5.87. The summed E-state index contributed by atoms with van der Waals surface area (Å²) in [7, 11) is 4.86. The van der Waals surface area contributed by atoms with Gasteiger partial charge in [0.15, 0.2) is 0 Å². The summed E-state index contributed by atoms with van der Waals surface area (Å²) in [5.74, 6) is 0.783. The topological polar surface area (TPSA) is 67.4 Å². The van der Waals surface area contributed by atoms with E-state index in [0.29, 0.717) is 11.8 Å². The fourth-order valence-electron chi connectivity index (χ4n) is 2.57. The maximum atomic E-state index is 5.47. The van der Waals surface area contributed by atoms with Gasteiger partial charge in [0.2, 0.25) is 0 Å². The molecule has 0 aliphatic heterocycles. The molecule has 0 aromatic rings. The van der Waals surface area contributed by atoms with Crippen molar-refractivity contribution in [1.29, 1.82) is 0 Å². The first kappa shape index (κ1) is 23.2. The average molecular weight is 370 g/mol. The number of rotatable bonds is 14. The van der Waals surface area contributed by atoms with E-state index < -0.39 is 17.6 Å². The lowest BCUT2D eigenvalue weighted by molar-refractivity contribution is 0.118. The van der Waals surface area contributed by atoms with Crippen LogP contribution in [0.15, 0.2) is 0 Å². The van der Waals surface area contributed by atoms with Crippen molar-refractivity contribution in [2.24, 2.45) is 11.8 Å². The van der Waals surface area contributed by atoms with Gasteiger partial charge in [0.05, 0.1) is 0 Å². The molecule has 140 valence electrons. The highest BCUT2D eigenvalue weighted by atomic mass is 28.4. The van der Waals surface area contributed by atoms with Gasteiger partial charge in [-0.2, -0.15) is 0 Å². The molecule has 9 heteroatoms. The minimum atomic E-state index is -2.51. The third-order valence-electron chi connectivity index (χ3n) is 4.05. The van der Waals surface area contributed by atoms with Crippen molar-refractivity contribution in [3.63, 3.8) is 0 Å². The zero-order chi connectivity index (χ0) is 17.9. The summed E-state index contributed by atoms with van der Waals surface area (Å²) < 4.78 is 32.8. The van der Waals surface area contributed by atoms with Gasteiger partial charge in [0.25, 0.3) is 0 Å². The van der Waals surface area contributed by atoms with E-state index in [1.807, 2.05) is 0 Å². The standard InChI is InChI=1S/C14H35NO6Si2/c1-13(11-22(16-3,17-4)18-5)9-15-10-14(2)12-23(19-6,20-7)21-8/h13-15H,9-12H2,1-8H3. The average Bonchev–Trinajstić information content (AvgIpc) is 2.58. The minimum absolute atomic E-state index is 0.392. The zero-order valence-electron chi connectivity index (χ0n) is 15.9. The summed E-state index contributed by atoms with van der Waals surface area (Å²) in [6.07, 6.45) is 0. The highest BCUT2D eigenvalue weighted by molar-refractivity contribution is 6.61. The molecule has 0 aliphatic carbocycles. The van der Waals surface area contributed by atoms with Crippen LogP contribution in [0.25, 0.3) is 0 Å². The van der Waals surface area contributed by atoms with Gasteiger partial charge in [-0.3, -0.25) is 0 Å². The number of hydrogen-bond donors (Lipinski definition) is 1. The van der Waals surface area contributed by atoms with Gasteiger partial charge < -0.3 is 31.9 Å². The Morgan fingerprint density at radius 1 is 0.609 bits per heavy atom. The van der Waals surface area contributed by atoms with Crippen LogP contribution in [0.4, 0.5) is 0 Å². The molecular formula is C14H35NO6Si2. The van der Waals surface area contributed by atoms with E-state index in [-0.39, 0.29) is 0 Å². The van der Waals surface area contributed by atoms with Crippen molar-refractivity contribution >= 4 is 17.6 Å². The van der Waals surface area contributed by atoms with Crippen LogP contribution in [0.1, 0.15) is 13.8 Å². The van der Waals surface area contributed by atoms with Crippen molar-refractivity contribution in [1.82, 2.24) is 5.32 Å². The van der Waals surface area contributed by atoms with E-state index in [1.165, 1.54) is 0 Å². The van der Waals surface area contributed by atoms with Gasteiger partial charge in [-0.05, 0) is 24.9 Å². The molecule has 2 unspecified atom stereocenters. The summed E-state index contributed by atoms with van der Waals surface area (Å²) in [6.45, 7) is 6.07. The van der Waals surface area contributed by atoms with Crippen LogP contribution in [0.3, 0.4) is 0 Å². The Morgan fingerprint density at radius 2 is 0.870 bits per heavy atom. The molecule has 0 heterocycles. The monoisotopic (exact) mass is 369 g/mol. The first-order valence-corrected chi connectivity index (χ1v) is 11.7. The molecule has 0 bridgehead atoms. The summed E-state index contributed by atoms with van der Waals surface area (Å²) >= 11 is 0. The SMILES string of the molecule is CO[Si](CC(C)CNCC(C)C[Si](OC)(OC)OC)(OC)OC. The molecule has 2 atom stereocenters. The largest absolute Gasteiger partial charge is 0.500 e. The minimum Gasteiger partial charge on any atom is -0.377 e. The summed E-state index contributed by atoms with van der Waals surface area (Å²) in [6, 6.07) is 1.57. The Labute approximate surface area is 143 Å². The van der Waals surface area contributed by atoms with Crippen LogP contribution < -0.4 is 5.32 Å². The maximum Gasteiger partial charge on any atom is 0.500 e. The van der Waals surface area contributed by atoms with Crippen LogP contribution in [0.5, 0.6) is 0 Å². The smallest absolute Gasteiger partial charge is 0.377 e. The van der Waals surface area contributed by atoms with Crippen LogP contribution in [-0.4, -0.2) is 73.4 Å². The van der Waals surface area contributed by atoms with Crippen LogP contribution in [0.2, 0.25) is 12.1 Å². The lowest BCUT2D eigenvalue weighted by Gasteiger charge is -2.28. The van der Waals surface area contributed by atoms with Gasteiger partial charge in [-0.15, -0.1) is 0 Å². The van der Waals surface area contributed by atoms with Gasteiger partial charge in [0, 0.05) is 54.7 Å². The molecule has 0 spiro atoms. The quantitative estimate of drug-likeness (QED) is 0.467. The van der Waals surface area contributed by atoms with E-state index >= 15 is 0 Å². The number of hydrogen-bond acceptors (Lipinski definition) is 7. The molecule has 0 rings (SSSR count). The van der Waals surface area contributed by atoms with Crippen LogP contribution >= 0.6 is 0 Å². The molecule has 0 amide bonds. The normalized spacial score (nSPS) is 15.7. The molecule has 0 fully saturated rings. The van der Waals surface area contributed by atoms with Gasteiger partial charge in [-0.1, -0.05) is 13.8 Å². The molecule has 7 nitrogen and oxygen atoms in total. The first-order chi connectivity index (χ1) is 10.9. The molecule has 1 N–H and O–H groups in total. The molecule has 0 aliphatic rings. The Morgan fingerprint density at radius 3 is 1.09 bits per heavy atom. The lowest BCUT2D eigenvalue weighted by atomic mass is 10.2. The van der Waals surface area contributed by atoms with E-state index in [9.17, 15) is 0 Å². The maximum absolute atomic E-state index is 5.47. The fraction of sp³-hybridized carbons (Fsp3) is 1.00. The highest BCUT2D eigenvalue weighted by Crippen LogP contribution is 2.20. The second kappa shape index (κ2) is 11.7. The van der Waals surface area contributed by atoms with E-state index in [2.05, 4.69) is 19.2 Å². The van der Waals surface area contributed by atoms with Crippen LogP contribution in [0, 0.1) is 11.8 Å². The Kier molecular flexibility index (Phi) is 11.7. The number of nitrogens with one attached hydrogen (secondary N) is 1. The van der Waals surface area contributed by atoms with Crippen LogP contribution in [-0.2, 0) is 26.6 Å². The molecule has 0 radical (unpaired) electrons. The third-order valence-corrected chi connectivity index (χ3v) is 10.2. The van der Waals surface area contributed by atoms with E-state index in [4.69, 9.17) is 26.6 Å². The Bertz CT molecular complexity index is 258. The molecule has 0 saturated heterocycles. The predicted molar refractivity (Wildman–Crippen MR) is 94.4 cm³/mol. The summed E-state index contributed by atoms with van der Waals surface area (Å²) in [4.78, 5) is 0. The Hall–Kier alpha value is 0.154. The summed E-state index contributed by atoms with van der Waals surface area (Å²) in [5, 5.41) is 3.49. The lowest BCUT2D eigenvalue weighted by Crippen LogP contribution is -2.46. The molecule has 0 aromatic carbocycles. The predicted octanol–water partition coefficient (Wildman–Crippen LogP) is 1.60. The summed E-state index contributed by atoms with van der Waals surface area (Å²) in [5.41, 5.74) is 0. The van der Waals surface area contributed by atoms with E-state index in [0.717, 1.165) is 25.2 Å². The van der Waals surface area contributed by atoms with Crippen molar-refractivity contribution in [3.8, 4) is 0 Å². The van der Waals surface area contributed by atoms with Crippen molar-refractivity contribution < 1.29 is 26.6 Å².